The zero-order chi connectivity index (χ0) is 22.5. The van der Waals surface area contributed by atoms with Gasteiger partial charge in [-0.2, -0.15) is 0 Å². The SMILES string of the molecule is CN[C@@H](C)C(=O)N[C@H](C(=O)N1COC[C@H]1C(=O)N[C@@H]1CCCc2ccccc21)C(C)C. The predicted octanol–water partition coefficient (Wildman–Crippen LogP) is 1.11. The van der Waals surface area contributed by atoms with E-state index in [0.717, 1.165) is 24.8 Å². The van der Waals surface area contributed by atoms with Crippen molar-refractivity contribution in [2.75, 3.05) is 20.4 Å². The molecule has 31 heavy (non-hydrogen) atoms. The highest BCUT2D eigenvalue weighted by atomic mass is 16.5. The normalized spacial score (nSPS) is 22.5. The predicted molar refractivity (Wildman–Crippen MR) is 117 cm³/mol. The van der Waals surface area contributed by atoms with Crippen molar-refractivity contribution in [3.05, 3.63) is 35.4 Å². The molecule has 8 nitrogen and oxygen atoms in total. The van der Waals surface area contributed by atoms with Crippen LogP contribution in [0, 0.1) is 5.92 Å². The first kappa shape index (κ1) is 23.2. The van der Waals surface area contributed by atoms with Crippen molar-refractivity contribution in [2.24, 2.45) is 5.92 Å². The first-order chi connectivity index (χ1) is 14.8. The van der Waals surface area contributed by atoms with E-state index in [0.29, 0.717) is 0 Å². The summed E-state index contributed by atoms with van der Waals surface area (Å²) in [5, 5.41) is 8.82. The number of likely N-dealkylation sites (N-methyl/N-ethyl adjacent to an activating group) is 1. The number of fused-ring (bicyclic) bond motifs is 1. The van der Waals surface area contributed by atoms with Crippen LogP contribution in [0.1, 0.15) is 50.8 Å². The van der Waals surface area contributed by atoms with Gasteiger partial charge in [-0.15, -0.1) is 0 Å². The summed E-state index contributed by atoms with van der Waals surface area (Å²) in [4.78, 5) is 40.2. The Bertz CT molecular complexity index is 813. The topological polar surface area (TPSA) is 99.8 Å². The number of amides is 3. The summed E-state index contributed by atoms with van der Waals surface area (Å²) in [6.45, 7) is 5.67. The number of ether oxygens (including phenoxy) is 1. The van der Waals surface area contributed by atoms with E-state index in [-0.39, 0.29) is 43.0 Å². The Morgan fingerprint density at radius 1 is 1.16 bits per heavy atom. The lowest BCUT2D eigenvalue weighted by atomic mass is 9.87. The number of hydrogen-bond acceptors (Lipinski definition) is 5. The smallest absolute Gasteiger partial charge is 0.248 e. The summed E-state index contributed by atoms with van der Waals surface area (Å²) in [6, 6.07) is 6.24. The minimum Gasteiger partial charge on any atom is -0.358 e. The van der Waals surface area contributed by atoms with E-state index in [2.05, 4.69) is 28.1 Å². The fourth-order valence-electron chi connectivity index (χ4n) is 4.15. The summed E-state index contributed by atoms with van der Waals surface area (Å²) in [5.74, 6) is -0.900. The van der Waals surface area contributed by atoms with Gasteiger partial charge in [0, 0.05) is 0 Å². The van der Waals surface area contributed by atoms with Gasteiger partial charge in [0.15, 0.2) is 0 Å². The molecule has 0 bridgehead atoms. The van der Waals surface area contributed by atoms with Crippen LogP contribution in [0.25, 0.3) is 0 Å². The third kappa shape index (κ3) is 5.25. The quantitative estimate of drug-likeness (QED) is 0.602. The zero-order valence-corrected chi connectivity index (χ0v) is 18.8. The molecule has 1 fully saturated rings. The lowest BCUT2D eigenvalue weighted by Crippen LogP contribution is -2.57. The largest absolute Gasteiger partial charge is 0.358 e. The Morgan fingerprint density at radius 2 is 1.90 bits per heavy atom. The van der Waals surface area contributed by atoms with Crippen LogP contribution < -0.4 is 16.0 Å². The molecule has 3 N–H and O–H groups in total. The highest BCUT2D eigenvalue weighted by Gasteiger charge is 2.40. The number of rotatable bonds is 7. The summed E-state index contributed by atoms with van der Waals surface area (Å²) < 4.78 is 5.49. The summed E-state index contributed by atoms with van der Waals surface area (Å²) in [7, 11) is 1.69. The van der Waals surface area contributed by atoms with E-state index >= 15 is 0 Å². The average Bonchev–Trinajstić information content (AvgIpc) is 3.26. The van der Waals surface area contributed by atoms with E-state index in [1.54, 1.807) is 14.0 Å². The van der Waals surface area contributed by atoms with Crippen LogP contribution in [0.15, 0.2) is 24.3 Å². The second kappa shape index (κ2) is 10.2. The summed E-state index contributed by atoms with van der Waals surface area (Å²) in [6.07, 6.45) is 2.90. The molecule has 170 valence electrons. The van der Waals surface area contributed by atoms with Gasteiger partial charge in [0.2, 0.25) is 17.7 Å². The molecular formula is C23H34N4O4. The summed E-state index contributed by atoms with van der Waals surface area (Å²) in [5.41, 5.74) is 2.41. The maximum Gasteiger partial charge on any atom is 0.248 e. The Kier molecular flexibility index (Phi) is 7.67. The van der Waals surface area contributed by atoms with Crippen molar-refractivity contribution in [3.8, 4) is 0 Å². The van der Waals surface area contributed by atoms with Crippen molar-refractivity contribution < 1.29 is 19.1 Å². The van der Waals surface area contributed by atoms with Gasteiger partial charge < -0.3 is 25.6 Å². The molecule has 0 aromatic heterocycles. The van der Waals surface area contributed by atoms with Crippen LogP contribution in [0.5, 0.6) is 0 Å². The fourth-order valence-corrected chi connectivity index (χ4v) is 4.15. The minimum atomic E-state index is -0.726. The summed E-state index contributed by atoms with van der Waals surface area (Å²) >= 11 is 0. The zero-order valence-electron chi connectivity index (χ0n) is 18.8. The molecule has 3 amide bonds. The van der Waals surface area contributed by atoms with Crippen LogP contribution in [0.3, 0.4) is 0 Å². The lowest BCUT2D eigenvalue weighted by Gasteiger charge is -2.31. The van der Waals surface area contributed by atoms with Gasteiger partial charge in [-0.1, -0.05) is 38.1 Å². The molecule has 4 atom stereocenters. The van der Waals surface area contributed by atoms with Crippen molar-refractivity contribution in [1.82, 2.24) is 20.9 Å². The van der Waals surface area contributed by atoms with Crippen LogP contribution >= 0.6 is 0 Å². The van der Waals surface area contributed by atoms with Crippen LogP contribution in [-0.2, 0) is 25.5 Å². The number of nitrogens with zero attached hydrogens (tertiary/aromatic N) is 1. The number of nitrogens with one attached hydrogen (secondary N) is 3. The molecule has 0 radical (unpaired) electrons. The van der Waals surface area contributed by atoms with Gasteiger partial charge in [-0.05, 0) is 50.3 Å². The first-order valence-electron chi connectivity index (χ1n) is 11.1. The molecule has 8 heteroatoms. The highest BCUT2D eigenvalue weighted by molar-refractivity contribution is 5.93. The van der Waals surface area contributed by atoms with E-state index in [1.165, 1.54) is 10.5 Å². The fraction of sp³-hybridized carbons (Fsp3) is 0.609. The second-order valence-corrected chi connectivity index (χ2v) is 8.72. The van der Waals surface area contributed by atoms with Crippen LogP contribution in [0.4, 0.5) is 0 Å². The lowest BCUT2D eigenvalue weighted by molar-refractivity contribution is -0.143. The van der Waals surface area contributed by atoms with Crippen molar-refractivity contribution in [1.29, 1.82) is 0 Å². The van der Waals surface area contributed by atoms with Gasteiger partial charge >= 0.3 is 0 Å². The van der Waals surface area contributed by atoms with Crippen molar-refractivity contribution in [3.63, 3.8) is 0 Å². The molecular weight excluding hydrogens is 396 g/mol. The molecule has 2 aliphatic rings. The van der Waals surface area contributed by atoms with E-state index in [9.17, 15) is 14.4 Å². The van der Waals surface area contributed by atoms with E-state index in [4.69, 9.17) is 4.74 Å². The number of hydrogen-bond donors (Lipinski definition) is 3. The molecule has 1 aliphatic carbocycles. The Balaban J connectivity index is 1.70. The molecule has 0 unspecified atom stereocenters. The molecule has 1 saturated heterocycles. The number of aryl methyl sites for hydroxylation is 1. The standard InChI is InChI=1S/C23H34N4O4/c1-14(2)20(26-21(28)15(3)24-4)23(30)27-13-31-12-19(27)22(29)25-18-11-7-9-16-8-5-6-10-17(16)18/h5-6,8,10,14-15,18-20,24H,7,9,11-13H2,1-4H3,(H,25,29)(H,26,28)/t15-,18+,19-,20-/m0/s1. The second-order valence-electron chi connectivity index (χ2n) is 8.72. The number of benzene rings is 1. The Hall–Kier alpha value is -2.45. The third-order valence-corrected chi connectivity index (χ3v) is 6.21. The van der Waals surface area contributed by atoms with Crippen LogP contribution in [0.2, 0.25) is 0 Å². The average molecular weight is 431 g/mol. The maximum absolute atomic E-state index is 13.3. The molecule has 1 aromatic carbocycles. The van der Waals surface area contributed by atoms with E-state index < -0.39 is 18.1 Å². The van der Waals surface area contributed by atoms with Gasteiger partial charge in [0.25, 0.3) is 0 Å². The number of carbonyl (C=O) groups excluding carboxylic acids is 3. The Labute approximate surface area is 184 Å². The van der Waals surface area contributed by atoms with Gasteiger partial charge in [-0.3, -0.25) is 14.4 Å². The van der Waals surface area contributed by atoms with Gasteiger partial charge in [-0.25, -0.2) is 0 Å². The minimum absolute atomic E-state index is 0.0405. The number of carbonyl (C=O) groups is 3. The van der Waals surface area contributed by atoms with Gasteiger partial charge in [0.1, 0.15) is 18.8 Å². The monoisotopic (exact) mass is 430 g/mol. The molecule has 1 aliphatic heterocycles. The van der Waals surface area contributed by atoms with Crippen LogP contribution in [-0.4, -0.2) is 61.1 Å². The molecule has 1 aromatic rings. The molecule has 0 spiro atoms. The molecule has 3 rings (SSSR count). The Morgan fingerprint density at radius 3 is 2.61 bits per heavy atom. The third-order valence-electron chi connectivity index (χ3n) is 6.21. The van der Waals surface area contributed by atoms with Gasteiger partial charge in [0.05, 0.1) is 18.7 Å². The van der Waals surface area contributed by atoms with Crippen molar-refractivity contribution in [2.45, 2.75) is 64.2 Å². The first-order valence-corrected chi connectivity index (χ1v) is 11.1. The molecule has 0 saturated carbocycles. The highest BCUT2D eigenvalue weighted by Crippen LogP contribution is 2.29. The maximum atomic E-state index is 13.3. The molecule has 1 heterocycles. The van der Waals surface area contributed by atoms with E-state index in [1.807, 2.05) is 26.0 Å². The van der Waals surface area contributed by atoms with Crippen molar-refractivity contribution >= 4 is 17.7 Å².